The summed E-state index contributed by atoms with van der Waals surface area (Å²) in [5.74, 6) is 0. The van der Waals surface area contributed by atoms with Gasteiger partial charge in [-0.2, -0.15) is 4.31 Å². The van der Waals surface area contributed by atoms with Gasteiger partial charge in [-0.1, -0.05) is 0 Å². The average Bonchev–Trinajstić information content (AvgIpc) is 2.78. The maximum Gasteiger partial charge on any atom is 0.247 e. The predicted octanol–water partition coefficient (Wildman–Crippen LogP) is -0.480. The van der Waals surface area contributed by atoms with Crippen LogP contribution in [0, 0.1) is 0 Å². The zero-order chi connectivity index (χ0) is 12.5. The molecule has 0 spiro atoms. The molecule has 1 aromatic rings. The summed E-state index contributed by atoms with van der Waals surface area (Å²) in [6.07, 6.45) is 2.59. The molecule has 0 aliphatic carbocycles. The fraction of sp³-hybridized carbons (Fsp3) is 0.500. The van der Waals surface area contributed by atoms with Gasteiger partial charge in [0.25, 0.3) is 0 Å². The van der Waals surface area contributed by atoms with Crippen LogP contribution >= 0.6 is 0 Å². The van der Waals surface area contributed by atoms with E-state index in [2.05, 4.69) is 4.98 Å². The first-order chi connectivity index (χ1) is 8.05. The van der Waals surface area contributed by atoms with E-state index in [9.17, 15) is 13.2 Å². The van der Waals surface area contributed by atoms with Crippen molar-refractivity contribution in [2.45, 2.75) is 23.8 Å². The van der Waals surface area contributed by atoms with Crippen LogP contribution in [0.5, 0.6) is 0 Å². The fourth-order valence-electron chi connectivity index (χ4n) is 2.00. The highest BCUT2D eigenvalue weighted by Gasteiger charge is 2.34. The first-order valence-corrected chi connectivity index (χ1v) is 6.81. The van der Waals surface area contributed by atoms with Gasteiger partial charge in [-0.25, -0.2) is 8.42 Å². The molecule has 2 N–H and O–H groups in total. The number of hydrogen-bond acceptors (Lipinski definition) is 4. The van der Waals surface area contributed by atoms with Crippen molar-refractivity contribution >= 4 is 10.0 Å². The molecule has 17 heavy (non-hydrogen) atoms. The van der Waals surface area contributed by atoms with Crippen LogP contribution in [-0.4, -0.2) is 42.0 Å². The van der Waals surface area contributed by atoms with E-state index in [0.29, 0.717) is 13.0 Å². The first-order valence-electron chi connectivity index (χ1n) is 5.37. The van der Waals surface area contributed by atoms with Gasteiger partial charge in [-0.15, -0.1) is 0 Å². The summed E-state index contributed by atoms with van der Waals surface area (Å²) in [6.45, 7) is 0.231. The number of aromatic amines is 1. The van der Waals surface area contributed by atoms with Crippen molar-refractivity contribution in [1.82, 2.24) is 9.29 Å². The van der Waals surface area contributed by atoms with Crippen molar-refractivity contribution < 1.29 is 13.5 Å². The third-order valence-electron chi connectivity index (χ3n) is 2.90. The number of pyridine rings is 1. The Labute approximate surface area is 98.9 Å². The molecule has 0 bridgehead atoms. The molecule has 1 saturated heterocycles. The number of aromatic nitrogens is 1. The highest BCUT2D eigenvalue weighted by molar-refractivity contribution is 7.89. The maximum absolute atomic E-state index is 12.2. The SMILES string of the molecule is O=c1ccc(S(=O)(=O)N2CCCC2CO)c[nH]1. The number of hydrogen-bond donors (Lipinski definition) is 2. The van der Waals surface area contributed by atoms with Crippen LogP contribution in [-0.2, 0) is 10.0 Å². The lowest BCUT2D eigenvalue weighted by Crippen LogP contribution is -2.37. The van der Waals surface area contributed by atoms with E-state index in [1.165, 1.54) is 22.6 Å². The minimum Gasteiger partial charge on any atom is -0.395 e. The maximum atomic E-state index is 12.2. The van der Waals surface area contributed by atoms with Gasteiger partial charge in [0.15, 0.2) is 0 Å². The Balaban J connectivity index is 2.36. The third-order valence-corrected chi connectivity index (χ3v) is 4.84. The quantitative estimate of drug-likeness (QED) is 0.766. The van der Waals surface area contributed by atoms with E-state index >= 15 is 0 Å². The van der Waals surface area contributed by atoms with Crippen LogP contribution in [0.2, 0.25) is 0 Å². The van der Waals surface area contributed by atoms with Crippen LogP contribution in [0.25, 0.3) is 0 Å². The molecule has 1 fully saturated rings. The number of aliphatic hydroxyl groups is 1. The van der Waals surface area contributed by atoms with Crippen LogP contribution in [0.3, 0.4) is 0 Å². The van der Waals surface area contributed by atoms with Crippen molar-refractivity contribution in [3.05, 3.63) is 28.7 Å². The second kappa shape index (κ2) is 4.59. The summed E-state index contributed by atoms with van der Waals surface area (Å²) >= 11 is 0. The number of nitrogens with one attached hydrogen (secondary N) is 1. The number of sulfonamides is 1. The van der Waals surface area contributed by atoms with E-state index in [0.717, 1.165) is 6.42 Å². The second-order valence-electron chi connectivity index (χ2n) is 3.98. The largest absolute Gasteiger partial charge is 0.395 e. The Morgan fingerprint density at radius 2 is 2.24 bits per heavy atom. The third kappa shape index (κ3) is 2.26. The minimum atomic E-state index is -3.61. The summed E-state index contributed by atoms with van der Waals surface area (Å²) in [5.41, 5.74) is -0.343. The Morgan fingerprint density at radius 3 is 2.82 bits per heavy atom. The molecular formula is C10H14N2O4S. The van der Waals surface area contributed by atoms with E-state index in [4.69, 9.17) is 5.11 Å². The molecule has 0 amide bonds. The molecule has 1 aromatic heterocycles. The predicted molar refractivity (Wildman–Crippen MR) is 61.1 cm³/mol. The number of H-pyrrole nitrogens is 1. The Kier molecular flexibility index (Phi) is 3.32. The summed E-state index contributed by atoms with van der Waals surface area (Å²) < 4.78 is 25.7. The van der Waals surface area contributed by atoms with E-state index < -0.39 is 10.0 Å². The topological polar surface area (TPSA) is 90.5 Å². The van der Waals surface area contributed by atoms with Crippen molar-refractivity contribution in [2.24, 2.45) is 0 Å². The number of aliphatic hydroxyl groups excluding tert-OH is 1. The van der Waals surface area contributed by atoms with Gasteiger partial charge in [0.1, 0.15) is 0 Å². The van der Waals surface area contributed by atoms with Crippen LogP contribution < -0.4 is 5.56 Å². The van der Waals surface area contributed by atoms with Gasteiger partial charge in [-0.05, 0) is 18.9 Å². The Morgan fingerprint density at radius 1 is 1.47 bits per heavy atom. The van der Waals surface area contributed by atoms with Gasteiger partial charge in [0, 0.05) is 24.8 Å². The van der Waals surface area contributed by atoms with E-state index in [1.807, 2.05) is 0 Å². The van der Waals surface area contributed by atoms with Crippen molar-refractivity contribution in [3.63, 3.8) is 0 Å². The highest BCUT2D eigenvalue weighted by atomic mass is 32.2. The van der Waals surface area contributed by atoms with Crippen molar-refractivity contribution in [3.8, 4) is 0 Å². The summed E-state index contributed by atoms with van der Waals surface area (Å²) in [5, 5.41) is 9.13. The monoisotopic (exact) mass is 258 g/mol. The number of rotatable bonds is 3. The second-order valence-corrected chi connectivity index (χ2v) is 5.87. The van der Waals surface area contributed by atoms with Gasteiger partial charge < -0.3 is 10.1 Å². The molecule has 1 unspecified atom stereocenters. The van der Waals surface area contributed by atoms with Gasteiger partial charge in [-0.3, -0.25) is 4.79 Å². The molecule has 1 atom stereocenters. The van der Waals surface area contributed by atoms with Crippen LogP contribution in [0.15, 0.2) is 28.0 Å². The lowest BCUT2D eigenvalue weighted by molar-refractivity contribution is 0.213. The summed E-state index contributed by atoms with van der Waals surface area (Å²) in [7, 11) is -3.61. The Hall–Kier alpha value is -1.18. The standard InChI is InChI=1S/C10H14N2O4S/c13-7-8-2-1-5-12(8)17(15,16)9-3-4-10(14)11-6-9/h3-4,6,8,13H,1-2,5,7H2,(H,11,14). The molecule has 0 radical (unpaired) electrons. The van der Waals surface area contributed by atoms with Gasteiger partial charge in [0.2, 0.25) is 15.6 Å². The normalized spacial score (nSPS) is 21.8. The van der Waals surface area contributed by atoms with Crippen LogP contribution in [0.4, 0.5) is 0 Å². The molecule has 6 nitrogen and oxygen atoms in total. The minimum absolute atomic E-state index is 0.0532. The first kappa shape index (κ1) is 12.3. The lowest BCUT2D eigenvalue weighted by atomic mass is 10.2. The molecular weight excluding hydrogens is 244 g/mol. The molecule has 1 aliphatic rings. The molecule has 1 aliphatic heterocycles. The Bertz CT molecular complexity index is 531. The smallest absolute Gasteiger partial charge is 0.247 e. The van der Waals surface area contributed by atoms with Gasteiger partial charge >= 0.3 is 0 Å². The molecule has 94 valence electrons. The fourth-order valence-corrected chi connectivity index (χ4v) is 3.65. The van der Waals surface area contributed by atoms with Gasteiger partial charge in [0.05, 0.1) is 11.5 Å². The zero-order valence-corrected chi connectivity index (χ0v) is 9.98. The summed E-state index contributed by atoms with van der Waals surface area (Å²) in [4.78, 5) is 13.3. The molecule has 2 rings (SSSR count). The number of nitrogens with zero attached hydrogens (tertiary/aromatic N) is 1. The molecule has 0 saturated carbocycles. The summed E-state index contributed by atoms with van der Waals surface area (Å²) in [6, 6.07) is 2.10. The van der Waals surface area contributed by atoms with Crippen molar-refractivity contribution in [1.29, 1.82) is 0 Å². The lowest BCUT2D eigenvalue weighted by Gasteiger charge is -2.22. The van der Waals surface area contributed by atoms with E-state index in [1.54, 1.807) is 0 Å². The van der Waals surface area contributed by atoms with Crippen molar-refractivity contribution in [2.75, 3.05) is 13.2 Å². The molecule has 0 aromatic carbocycles. The molecule has 7 heteroatoms. The van der Waals surface area contributed by atoms with Crippen LogP contribution in [0.1, 0.15) is 12.8 Å². The molecule has 2 heterocycles. The van der Waals surface area contributed by atoms with E-state index in [-0.39, 0.29) is 23.1 Å². The average molecular weight is 258 g/mol. The zero-order valence-electron chi connectivity index (χ0n) is 9.17. The highest BCUT2D eigenvalue weighted by Crippen LogP contribution is 2.24.